The fraction of sp³-hybridized carbons (Fsp3) is 0.200. The minimum absolute atomic E-state index is 0.0738. The van der Waals surface area contributed by atoms with Crippen molar-refractivity contribution >= 4 is 17.4 Å². The Morgan fingerprint density at radius 2 is 2.16 bits per heavy atom. The molecule has 0 radical (unpaired) electrons. The molecule has 0 aliphatic rings. The van der Waals surface area contributed by atoms with Crippen molar-refractivity contribution < 1.29 is 9.53 Å². The maximum atomic E-state index is 11.5. The highest BCUT2D eigenvalue weighted by atomic mass is 35.5. The first-order chi connectivity index (χ1) is 9.08. The van der Waals surface area contributed by atoms with E-state index in [1.165, 1.54) is 6.92 Å². The highest BCUT2D eigenvalue weighted by molar-refractivity contribution is 6.31. The van der Waals surface area contributed by atoms with Gasteiger partial charge in [-0.1, -0.05) is 17.7 Å². The summed E-state index contributed by atoms with van der Waals surface area (Å²) < 4.78 is 5.68. The molecule has 0 fully saturated rings. The van der Waals surface area contributed by atoms with Crippen LogP contribution in [0.4, 0.5) is 0 Å². The average Bonchev–Trinajstić information content (AvgIpc) is 2.38. The molecule has 0 saturated carbocycles. The van der Waals surface area contributed by atoms with Crippen molar-refractivity contribution in [3.63, 3.8) is 0 Å². The number of Topliss-reactive ketones (excluding diaryl/α,β-unsaturated/α-hetero) is 1. The Balaban J connectivity index is 2.20. The van der Waals surface area contributed by atoms with E-state index in [4.69, 9.17) is 16.3 Å². The Morgan fingerprint density at radius 1 is 1.37 bits per heavy atom. The molecular formula is C15H14ClNO2. The topological polar surface area (TPSA) is 39.2 Å². The van der Waals surface area contributed by atoms with E-state index in [1.54, 1.807) is 24.4 Å². The first-order valence-electron chi connectivity index (χ1n) is 5.91. The summed E-state index contributed by atoms with van der Waals surface area (Å²) >= 11 is 5.88. The van der Waals surface area contributed by atoms with Gasteiger partial charge in [0, 0.05) is 11.2 Å². The van der Waals surface area contributed by atoms with E-state index in [2.05, 4.69) is 4.98 Å². The molecule has 0 amide bonds. The Kier molecular flexibility index (Phi) is 4.17. The molecular weight excluding hydrogens is 262 g/mol. The fourth-order valence-electron chi connectivity index (χ4n) is 1.72. The standard InChI is InChI=1S/C15H14ClNO2/c1-10-4-3-7-17-14(10)9-19-15-6-5-12(16)8-13(15)11(2)18/h3-8H,9H2,1-2H3. The first-order valence-corrected chi connectivity index (χ1v) is 6.29. The highest BCUT2D eigenvalue weighted by Gasteiger charge is 2.10. The second-order valence-corrected chi connectivity index (χ2v) is 4.69. The van der Waals surface area contributed by atoms with E-state index in [0.717, 1.165) is 11.3 Å². The third kappa shape index (κ3) is 3.32. The molecule has 0 unspecified atom stereocenters. The number of hydrogen-bond acceptors (Lipinski definition) is 3. The second kappa shape index (κ2) is 5.85. The number of hydrogen-bond donors (Lipinski definition) is 0. The maximum absolute atomic E-state index is 11.5. The lowest BCUT2D eigenvalue weighted by atomic mass is 10.1. The van der Waals surface area contributed by atoms with E-state index in [-0.39, 0.29) is 5.78 Å². The predicted octanol–water partition coefficient (Wildman–Crippen LogP) is 3.83. The second-order valence-electron chi connectivity index (χ2n) is 4.25. The van der Waals surface area contributed by atoms with Gasteiger partial charge in [0.2, 0.25) is 0 Å². The lowest BCUT2D eigenvalue weighted by molar-refractivity contribution is 0.101. The van der Waals surface area contributed by atoms with Gasteiger partial charge in [0.25, 0.3) is 0 Å². The zero-order chi connectivity index (χ0) is 13.8. The third-order valence-corrected chi connectivity index (χ3v) is 3.04. The van der Waals surface area contributed by atoms with E-state index in [0.29, 0.717) is 22.9 Å². The van der Waals surface area contributed by atoms with E-state index in [1.807, 2.05) is 19.1 Å². The lowest BCUT2D eigenvalue weighted by Crippen LogP contribution is -2.04. The minimum atomic E-state index is -0.0738. The summed E-state index contributed by atoms with van der Waals surface area (Å²) in [6.07, 6.45) is 1.72. The van der Waals surface area contributed by atoms with Gasteiger partial charge in [-0.25, -0.2) is 0 Å². The van der Waals surface area contributed by atoms with Gasteiger partial charge in [0.05, 0.1) is 11.3 Å². The summed E-state index contributed by atoms with van der Waals surface area (Å²) in [5.41, 5.74) is 2.40. The Hall–Kier alpha value is -1.87. The number of aromatic nitrogens is 1. The smallest absolute Gasteiger partial charge is 0.163 e. The van der Waals surface area contributed by atoms with E-state index >= 15 is 0 Å². The van der Waals surface area contributed by atoms with Gasteiger partial charge in [-0.05, 0) is 43.7 Å². The van der Waals surface area contributed by atoms with Crippen molar-refractivity contribution in [2.24, 2.45) is 0 Å². The number of rotatable bonds is 4. The Labute approximate surface area is 117 Å². The van der Waals surface area contributed by atoms with Crippen molar-refractivity contribution in [3.05, 3.63) is 58.4 Å². The zero-order valence-corrected chi connectivity index (χ0v) is 11.6. The van der Waals surface area contributed by atoms with Crippen molar-refractivity contribution in [2.75, 3.05) is 0 Å². The number of ketones is 1. The zero-order valence-electron chi connectivity index (χ0n) is 10.8. The number of pyridine rings is 1. The SMILES string of the molecule is CC(=O)c1cc(Cl)ccc1OCc1ncccc1C. The van der Waals surface area contributed by atoms with Gasteiger partial charge in [0.15, 0.2) is 5.78 Å². The van der Waals surface area contributed by atoms with Crippen LogP contribution in [0.15, 0.2) is 36.5 Å². The van der Waals surface area contributed by atoms with Gasteiger partial charge < -0.3 is 4.74 Å². The van der Waals surface area contributed by atoms with Crippen molar-refractivity contribution in [2.45, 2.75) is 20.5 Å². The summed E-state index contributed by atoms with van der Waals surface area (Å²) in [5, 5.41) is 0.520. The van der Waals surface area contributed by atoms with E-state index in [9.17, 15) is 4.79 Å². The molecule has 0 saturated heterocycles. The third-order valence-electron chi connectivity index (χ3n) is 2.80. The molecule has 0 aliphatic carbocycles. The van der Waals surface area contributed by atoms with E-state index < -0.39 is 0 Å². The predicted molar refractivity (Wildman–Crippen MR) is 74.8 cm³/mol. The molecule has 1 aromatic heterocycles. The average molecular weight is 276 g/mol. The van der Waals surface area contributed by atoms with Crippen LogP contribution in [0.5, 0.6) is 5.75 Å². The highest BCUT2D eigenvalue weighted by Crippen LogP contribution is 2.24. The van der Waals surface area contributed by atoms with Gasteiger partial charge in [0.1, 0.15) is 12.4 Å². The van der Waals surface area contributed by atoms with Crippen LogP contribution in [-0.4, -0.2) is 10.8 Å². The molecule has 1 heterocycles. The number of halogens is 1. The monoisotopic (exact) mass is 275 g/mol. The van der Waals surface area contributed by atoms with Crippen LogP contribution in [0.3, 0.4) is 0 Å². The quantitative estimate of drug-likeness (QED) is 0.796. The summed E-state index contributed by atoms with van der Waals surface area (Å²) in [6.45, 7) is 3.79. The number of benzene rings is 1. The van der Waals surface area contributed by atoms with Crippen molar-refractivity contribution in [1.29, 1.82) is 0 Å². The van der Waals surface area contributed by atoms with Gasteiger partial charge in [-0.2, -0.15) is 0 Å². The van der Waals surface area contributed by atoms with Crippen LogP contribution in [0.2, 0.25) is 5.02 Å². The normalized spacial score (nSPS) is 10.3. The molecule has 19 heavy (non-hydrogen) atoms. The molecule has 0 aliphatic heterocycles. The number of carbonyl (C=O) groups is 1. The van der Waals surface area contributed by atoms with Gasteiger partial charge in [-0.15, -0.1) is 0 Å². The molecule has 98 valence electrons. The summed E-state index contributed by atoms with van der Waals surface area (Å²) in [7, 11) is 0. The largest absolute Gasteiger partial charge is 0.487 e. The van der Waals surface area contributed by atoms with Crippen LogP contribution < -0.4 is 4.74 Å². The van der Waals surface area contributed by atoms with Gasteiger partial charge >= 0.3 is 0 Å². The molecule has 0 N–H and O–H groups in total. The lowest BCUT2D eigenvalue weighted by Gasteiger charge is -2.11. The first kappa shape index (κ1) is 13.6. The number of aryl methyl sites for hydroxylation is 1. The minimum Gasteiger partial charge on any atom is -0.487 e. The van der Waals surface area contributed by atoms with Crippen molar-refractivity contribution in [3.8, 4) is 5.75 Å². The van der Waals surface area contributed by atoms with Crippen molar-refractivity contribution in [1.82, 2.24) is 4.98 Å². The number of ether oxygens (including phenoxy) is 1. The molecule has 0 atom stereocenters. The Bertz CT molecular complexity index is 611. The molecule has 2 aromatic rings. The fourth-order valence-corrected chi connectivity index (χ4v) is 1.89. The molecule has 3 nitrogen and oxygen atoms in total. The van der Waals surface area contributed by atoms with Crippen LogP contribution in [0.25, 0.3) is 0 Å². The van der Waals surface area contributed by atoms with Gasteiger partial charge in [-0.3, -0.25) is 9.78 Å². The molecule has 4 heteroatoms. The number of nitrogens with zero attached hydrogens (tertiary/aromatic N) is 1. The van der Waals surface area contributed by atoms with Crippen LogP contribution in [0.1, 0.15) is 28.5 Å². The Morgan fingerprint density at radius 3 is 2.84 bits per heavy atom. The molecule has 2 rings (SSSR count). The van der Waals surface area contributed by atoms with Crippen LogP contribution in [-0.2, 0) is 6.61 Å². The summed E-state index contributed by atoms with van der Waals surface area (Å²) in [5.74, 6) is 0.456. The van der Waals surface area contributed by atoms with Crippen LogP contribution >= 0.6 is 11.6 Å². The maximum Gasteiger partial charge on any atom is 0.163 e. The summed E-state index contributed by atoms with van der Waals surface area (Å²) in [4.78, 5) is 15.8. The summed E-state index contributed by atoms with van der Waals surface area (Å²) in [6, 6.07) is 8.87. The molecule has 1 aromatic carbocycles. The number of carbonyl (C=O) groups excluding carboxylic acids is 1. The van der Waals surface area contributed by atoms with Crippen LogP contribution in [0, 0.1) is 6.92 Å². The molecule has 0 spiro atoms. The molecule has 0 bridgehead atoms.